The van der Waals surface area contributed by atoms with Crippen LogP contribution in [0.3, 0.4) is 0 Å². The number of aliphatic hydroxyl groups is 2. The van der Waals surface area contributed by atoms with Crippen LogP contribution in [0.15, 0.2) is 201 Å². The van der Waals surface area contributed by atoms with Gasteiger partial charge in [0.05, 0.1) is 25.4 Å². The van der Waals surface area contributed by atoms with Crippen LogP contribution in [-0.4, -0.2) is 70.7 Å². The Morgan fingerprint density at radius 3 is 1.33 bits per heavy atom. The largest absolute Gasteiger partial charge is 0.392 e. The molecule has 138 heavy (non-hydrogen) atoms. The molecule has 6 unspecified atom stereocenters. The maximum Gasteiger partial charge on any atom is 0.248 e. The zero-order chi connectivity index (χ0) is 96.2. The molecule has 0 radical (unpaired) electrons. The minimum atomic E-state index is -0.443. The fraction of sp³-hybridized carbons (Fsp3) is 0.484. The van der Waals surface area contributed by atoms with Gasteiger partial charge >= 0.3 is 0 Å². The van der Waals surface area contributed by atoms with E-state index >= 15 is 0 Å². The standard InChI is InChI=1S/C28H35NO2.C28H31NO2.C28H29NO2.C22H28O2.C20H24O/c3*1-3-17-7-9-22-19(13-17)8-10-24-23(22)11-12-28(2)25(24)16-21(26(28)30)15-18-5-4-6-20(14-18)27(29)31;1-3-15-4-6-17-16(14-15)5-7-19-18(17)8-10-21(2)20(19)9-11-22(21)23-12-13-24-22;1-3-13-4-6-15-14(12-13)5-7-17-16(15)10-11-20(2)18(17)8-9-19(20)21/h4-7,9,13-14,21,23-26,30H,3,8,10-12,15-16H2,1-2H3,(H2,29,31);3-7,9,13-15,23-26,30H,1,8,10-12,16H2,2H3,(H2,29,31);3-7,9,13-15,23-25H,1,8,10-12,16H2,2H3,(H2,29,31);3-4,6,14,18-20H,1,5,7-13H2,2H3;3-4,6,12,16-18H,1,5,7-11H2,2H3/b;2*21-15+;;/t21-,23+,24+,25-,26-,28-;23-,24-,25+,26+,28+;23-,24-,25+,28+;18?,19?,20?,21-;16?,17?,18?,20-/m01100/s1. The molecule has 3 amide bonds. The summed E-state index contributed by atoms with van der Waals surface area (Å²) in [5.41, 5.74) is 44.5. The van der Waals surface area contributed by atoms with Crippen LogP contribution in [0.4, 0.5) is 0 Å². The molecule has 15 aliphatic carbocycles. The Morgan fingerprint density at radius 1 is 0.399 bits per heavy atom. The molecule has 23 atom stereocenters. The lowest BCUT2D eigenvalue weighted by Crippen LogP contribution is -2.51. The van der Waals surface area contributed by atoms with Crippen LogP contribution in [-0.2, 0) is 64.0 Å². The van der Waals surface area contributed by atoms with Gasteiger partial charge in [0.15, 0.2) is 11.6 Å². The summed E-state index contributed by atoms with van der Waals surface area (Å²) in [6.07, 6.45) is 43.5. The van der Waals surface area contributed by atoms with Crippen LogP contribution in [0.2, 0.25) is 0 Å². The monoisotopic (exact) mass is 1850 g/mol. The van der Waals surface area contributed by atoms with Gasteiger partial charge in [0.1, 0.15) is 5.78 Å². The predicted molar refractivity (Wildman–Crippen MR) is 556 cm³/mol. The van der Waals surface area contributed by atoms with Crippen LogP contribution >= 0.6 is 0 Å². The van der Waals surface area contributed by atoms with Gasteiger partial charge in [0, 0.05) is 51.2 Å². The third kappa shape index (κ3) is 16.9. The summed E-state index contributed by atoms with van der Waals surface area (Å²) < 4.78 is 12.4. The van der Waals surface area contributed by atoms with E-state index in [-0.39, 0.29) is 50.8 Å². The number of carbonyl (C=O) groups excluding carboxylic acids is 5. The summed E-state index contributed by atoms with van der Waals surface area (Å²) in [5, 5.41) is 22.8. The van der Waals surface area contributed by atoms with Crippen molar-refractivity contribution in [3.05, 3.63) is 318 Å². The number of carbonyl (C=O) groups is 5. The predicted octanol–water partition coefficient (Wildman–Crippen LogP) is 25.6. The molecule has 10 saturated carbocycles. The molecule has 0 bridgehead atoms. The summed E-state index contributed by atoms with van der Waals surface area (Å²) in [4.78, 5) is 60.5. The summed E-state index contributed by atoms with van der Waals surface area (Å²) in [5.74, 6) is 8.99. The first-order valence-corrected chi connectivity index (χ1v) is 53.0. The highest BCUT2D eigenvalue weighted by atomic mass is 16.7. The molecule has 12 nitrogen and oxygen atoms in total. The van der Waals surface area contributed by atoms with Crippen LogP contribution in [0.1, 0.15) is 344 Å². The lowest BCUT2D eigenvalue weighted by atomic mass is 9.55. The fourth-order valence-electron chi connectivity index (χ4n) is 32.7. The van der Waals surface area contributed by atoms with Gasteiger partial charge in [-0.15, -0.1) is 0 Å². The fourth-order valence-corrected chi connectivity index (χ4v) is 32.7. The normalized spacial score (nSPS) is 34.4. The van der Waals surface area contributed by atoms with Crippen molar-refractivity contribution in [1.29, 1.82) is 0 Å². The van der Waals surface area contributed by atoms with Gasteiger partial charge in [0.2, 0.25) is 17.7 Å². The van der Waals surface area contributed by atoms with E-state index < -0.39 is 17.9 Å². The second kappa shape index (κ2) is 38.0. The summed E-state index contributed by atoms with van der Waals surface area (Å²) >= 11 is 0. The molecule has 1 aliphatic heterocycles. The number of hydrogen-bond donors (Lipinski definition) is 5. The zero-order valence-corrected chi connectivity index (χ0v) is 82.7. The molecular formula is C126H147N3O9. The number of aliphatic hydroxyl groups excluding tert-OH is 2. The van der Waals surface area contributed by atoms with Gasteiger partial charge in [-0.3, -0.25) is 24.0 Å². The van der Waals surface area contributed by atoms with Gasteiger partial charge in [-0.1, -0.05) is 226 Å². The van der Waals surface area contributed by atoms with Crippen molar-refractivity contribution in [3.8, 4) is 0 Å². The van der Waals surface area contributed by atoms with Crippen LogP contribution in [0, 0.1) is 92.2 Å². The number of fused-ring (bicyclic) bond motifs is 26. The van der Waals surface area contributed by atoms with Gasteiger partial charge in [0.25, 0.3) is 0 Å². The smallest absolute Gasteiger partial charge is 0.248 e. The molecule has 8 N–H and O–H groups in total. The van der Waals surface area contributed by atoms with E-state index in [1.807, 2.05) is 72.8 Å². The Balaban J connectivity index is 0.000000107. The maximum atomic E-state index is 13.5. The van der Waals surface area contributed by atoms with E-state index in [1.165, 1.54) is 133 Å². The first-order chi connectivity index (χ1) is 66.5. The first-order valence-electron chi connectivity index (χ1n) is 53.0. The lowest BCUT2D eigenvalue weighted by molar-refractivity contribution is -0.237. The van der Waals surface area contributed by atoms with Crippen LogP contribution in [0.25, 0.3) is 36.5 Å². The number of primary amides is 3. The van der Waals surface area contributed by atoms with Crippen molar-refractivity contribution in [2.24, 2.45) is 109 Å². The van der Waals surface area contributed by atoms with Crippen molar-refractivity contribution in [3.63, 3.8) is 0 Å². The number of ether oxygens (including phenoxy) is 2. The van der Waals surface area contributed by atoms with E-state index in [0.717, 1.165) is 174 Å². The van der Waals surface area contributed by atoms with Crippen LogP contribution in [0.5, 0.6) is 0 Å². The average molecular weight is 1850 g/mol. The Labute approximate surface area is 820 Å². The van der Waals surface area contributed by atoms with E-state index in [4.69, 9.17) is 26.7 Å². The van der Waals surface area contributed by atoms with Crippen LogP contribution < -0.4 is 17.2 Å². The molecule has 1 spiro atoms. The third-order valence-corrected chi connectivity index (χ3v) is 40.0. The average Bonchev–Trinajstić information content (AvgIpc) is 1.54. The number of benzene rings is 8. The maximum absolute atomic E-state index is 13.5. The van der Waals surface area contributed by atoms with Crippen molar-refractivity contribution >= 4 is 65.7 Å². The van der Waals surface area contributed by atoms with Crippen molar-refractivity contribution in [2.75, 3.05) is 13.2 Å². The molecule has 8 aromatic rings. The number of nitrogens with two attached hydrogens (primary N) is 3. The second-order valence-electron chi connectivity index (χ2n) is 46.2. The molecule has 0 aromatic heterocycles. The molecule has 8 aromatic carbocycles. The van der Waals surface area contributed by atoms with E-state index in [1.54, 1.807) is 52.1 Å². The molecule has 24 rings (SSSR count). The van der Waals surface area contributed by atoms with Gasteiger partial charge in [-0.25, -0.2) is 0 Å². The molecule has 16 aliphatic rings. The third-order valence-electron chi connectivity index (χ3n) is 40.0. The molecule has 12 heteroatoms. The minimum Gasteiger partial charge on any atom is -0.392 e. The Hall–Kier alpha value is -10.2. The Bertz CT molecular complexity index is 6200. The Kier molecular flexibility index (Phi) is 26.2. The van der Waals surface area contributed by atoms with Gasteiger partial charge in [-0.05, 0) is 427 Å². The summed E-state index contributed by atoms with van der Waals surface area (Å²) in [6, 6.07) is 57.0. The molecule has 11 fully saturated rings. The van der Waals surface area contributed by atoms with E-state index in [9.17, 15) is 34.2 Å². The molecular weight excluding hydrogens is 1700 g/mol. The van der Waals surface area contributed by atoms with Crippen molar-refractivity contribution < 1.29 is 43.7 Å². The van der Waals surface area contributed by atoms with Crippen molar-refractivity contribution in [1.82, 2.24) is 0 Å². The highest BCUT2D eigenvalue weighted by Crippen LogP contribution is 2.69. The molecule has 720 valence electrons. The number of amides is 3. The van der Waals surface area contributed by atoms with Crippen molar-refractivity contribution in [2.45, 2.75) is 275 Å². The SMILES string of the molecule is C=Cc1ccc2c(c1)CCC1C2CC[C@@]2(C)C1CCC21OCCO1.C=Cc1ccc2c(c1)CCC1C2CC[C@]2(C)C(=O)CCC12.C=Cc1ccc2c(c1)CC[C@@H]1[C@@H]2CC[C@]2(C)C(=O)/C(=C/c3cccc(C(N)=O)c3)C[C@@H]12.C=Cc1ccc2c(c1)CC[C@@H]1[C@@H]2CC[C@]2(C)[C@@H](O)/C(=C/c3cccc(C(N)=O)c3)C[C@@H]12.CCc1ccc2c(c1)CC[C@@H]1[C@@H]2CC[C@]2(C)[C@@H](O)[C@@H](Cc3cccc(C(N)=O)c3)C[C@@H]12. The highest BCUT2D eigenvalue weighted by Gasteiger charge is 2.66. The van der Waals surface area contributed by atoms with E-state index in [0.29, 0.717) is 93.4 Å². The van der Waals surface area contributed by atoms with E-state index in [2.05, 4.69) is 171 Å². The van der Waals surface area contributed by atoms with Gasteiger partial charge in [-0.2, -0.15) is 0 Å². The topological polar surface area (TPSA) is 222 Å². The zero-order valence-electron chi connectivity index (χ0n) is 82.7. The summed E-state index contributed by atoms with van der Waals surface area (Å²) in [7, 11) is 0. The lowest BCUT2D eigenvalue weighted by Gasteiger charge is -2.52. The number of rotatable bonds is 12. The summed E-state index contributed by atoms with van der Waals surface area (Å²) in [6.45, 7) is 31.0. The number of Topliss-reactive ketones (excluding diaryl/α,β-unsaturated/α-hetero) is 2. The number of allylic oxidation sites excluding steroid dienone is 1. The number of aryl methyl sites for hydroxylation is 6. The van der Waals surface area contributed by atoms with Gasteiger partial charge < -0.3 is 36.9 Å². The Morgan fingerprint density at radius 2 is 0.826 bits per heavy atom. The quantitative estimate of drug-likeness (QED) is 0.0733. The molecule has 1 saturated heterocycles. The number of ketones is 2. The first kappa shape index (κ1) is 95.3. The molecule has 1 heterocycles. The second-order valence-corrected chi connectivity index (χ2v) is 46.2. The highest BCUT2D eigenvalue weighted by molar-refractivity contribution is 6.06. The number of hydrogen-bond acceptors (Lipinski definition) is 9. The minimum absolute atomic E-state index is 0.000271.